The number of ether oxygens (including phenoxy) is 3. The minimum absolute atomic E-state index is 0.153. The highest BCUT2D eigenvalue weighted by Gasteiger charge is 2.33. The van der Waals surface area contributed by atoms with Gasteiger partial charge in [-0.1, -0.05) is 0 Å². The quantitative estimate of drug-likeness (QED) is 0.590. The first-order valence-corrected chi connectivity index (χ1v) is 10.3. The van der Waals surface area contributed by atoms with E-state index in [2.05, 4.69) is 16.2 Å². The first-order valence-electron chi connectivity index (χ1n) is 10.3. The third-order valence-corrected chi connectivity index (χ3v) is 5.67. The highest BCUT2D eigenvalue weighted by atomic mass is 19.1. The summed E-state index contributed by atoms with van der Waals surface area (Å²) in [6.07, 6.45) is 1.63. The van der Waals surface area contributed by atoms with E-state index >= 15 is 0 Å². The summed E-state index contributed by atoms with van der Waals surface area (Å²) in [6, 6.07) is 8.16. The number of nitriles is 1. The van der Waals surface area contributed by atoms with E-state index in [0.29, 0.717) is 31.3 Å². The van der Waals surface area contributed by atoms with Crippen LogP contribution in [0.2, 0.25) is 0 Å². The molecule has 0 aliphatic carbocycles. The number of pyridine rings is 1. The van der Waals surface area contributed by atoms with Crippen molar-refractivity contribution in [3.63, 3.8) is 0 Å². The standard InChI is InChI=1S/C23H20FN5O4/c1-13-17(24)4-6-20(26-13)29-9-15-8-28(10-18(15)27-29)23(30)21-19(33-16-11-32-12-16)5-3-14(7-25)22(21)31-2/h3-6,9,16H,8,10-12H2,1-2H3. The molecule has 168 valence electrons. The van der Waals surface area contributed by atoms with Crippen LogP contribution < -0.4 is 9.47 Å². The molecular weight excluding hydrogens is 429 g/mol. The zero-order valence-electron chi connectivity index (χ0n) is 18.0. The van der Waals surface area contributed by atoms with Gasteiger partial charge in [0, 0.05) is 18.3 Å². The van der Waals surface area contributed by atoms with Gasteiger partial charge in [0.15, 0.2) is 11.6 Å². The van der Waals surface area contributed by atoms with Crippen molar-refractivity contribution >= 4 is 5.91 Å². The summed E-state index contributed by atoms with van der Waals surface area (Å²) in [5.41, 5.74) is 2.32. The van der Waals surface area contributed by atoms with Crippen LogP contribution in [-0.4, -0.2) is 52.0 Å². The van der Waals surface area contributed by atoms with Gasteiger partial charge in [0.05, 0.1) is 43.8 Å². The van der Waals surface area contributed by atoms with Crippen LogP contribution in [0.1, 0.15) is 32.9 Å². The predicted molar refractivity (Wildman–Crippen MR) is 113 cm³/mol. The van der Waals surface area contributed by atoms with Crippen molar-refractivity contribution in [2.45, 2.75) is 26.1 Å². The monoisotopic (exact) mass is 449 g/mol. The van der Waals surface area contributed by atoms with Crippen molar-refractivity contribution < 1.29 is 23.4 Å². The molecule has 1 saturated heterocycles. The molecule has 0 N–H and O–H groups in total. The molecule has 0 bridgehead atoms. The van der Waals surface area contributed by atoms with Gasteiger partial charge in [-0.3, -0.25) is 4.79 Å². The number of halogens is 1. The number of hydrogen-bond acceptors (Lipinski definition) is 7. The summed E-state index contributed by atoms with van der Waals surface area (Å²) in [6.45, 7) is 3.06. The van der Waals surface area contributed by atoms with Crippen LogP contribution in [0.4, 0.5) is 4.39 Å². The molecule has 0 atom stereocenters. The molecule has 3 aromatic rings. The topological polar surface area (TPSA) is 102 Å². The largest absolute Gasteiger partial charge is 0.494 e. The number of fused-ring (bicyclic) bond motifs is 1. The summed E-state index contributed by atoms with van der Waals surface area (Å²) in [4.78, 5) is 19.4. The Hall–Kier alpha value is -3.97. The SMILES string of the molecule is COc1c(C#N)ccc(OC2COC2)c1C(=O)N1Cc2cn(-c3ccc(F)c(C)n3)nc2C1. The van der Waals surface area contributed by atoms with Crippen LogP contribution in [-0.2, 0) is 17.8 Å². The Balaban J connectivity index is 1.43. The Bertz CT molecular complexity index is 1270. The second-order valence-corrected chi connectivity index (χ2v) is 7.85. The molecule has 9 nitrogen and oxygen atoms in total. The van der Waals surface area contributed by atoms with Gasteiger partial charge in [-0.25, -0.2) is 14.1 Å². The van der Waals surface area contributed by atoms with Crippen LogP contribution >= 0.6 is 0 Å². The van der Waals surface area contributed by atoms with E-state index < -0.39 is 0 Å². The summed E-state index contributed by atoms with van der Waals surface area (Å²) < 4.78 is 31.7. The summed E-state index contributed by atoms with van der Waals surface area (Å²) >= 11 is 0. The van der Waals surface area contributed by atoms with Gasteiger partial charge < -0.3 is 19.1 Å². The number of hydrogen-bond donors (Lipinski definition) is 0. The Morgan fingerprint density at radius 3 is 2.73 bits per heavy atom. The normalized spacial score (nSPS) is 15.0. The zero-order chi connectivity index (χ0) is 23.1. The Kier molecular flexibility index (Phi) is 5.18. The van der Waals surface area contributed by atoms with E-state index in [0.717, 1.165) is 11.3 Å². The lowest BCUT2D eigenvalue weighted by Gasteiger charge is -2.28. The molecular formula is C23H20FN5O4. The molecule has 2 aromatic heterocycles. The van der Waals surface area contributed by atoms with Gasteiger partial charge in [0.25, 0.3) is 5.91 Å². The number of aryl methyl sites for hydroxylation is 1. The fourth-order valence-corrected chi connectivity index (χ4v) is 3.86. The maximum atomic E-state index is 13.5. The van der Waals surface area contributed by atoms with Crippen molar-refractivity contribution in [1.29, 1.82) is 5.26 Å². The number of carbonyl (C=O) groups is 1. The summed E-state index contributed by atoms with van der Waals surface area (Å²) in [7, 11) is 1.42. The second kappa shape index (κ2) is 8.18. The van der Waals surface area contributed by atoms with Crippen LogP contribution in [0, 0.1) is 24.1 Å². The van der Waals surface area contributed by atoms with Crippen LogP contribution in [0.15, 0.2) is 30.5 Å². The lowest BCUT2D eigenvalue weighted by molar-refractivity contribution is -0.0799. The molecule has 1 fully saturated rings. The third-order valence-electron chi connectivity index (χ3n) is 5.67. The van der Waals surface area contributed by atoms with Gasteiger partial charge in [0.2, 0.25) is 0 Å². The Labute approximate surface area is 188 Å². The third kappa shape index (κ3) is 3.66. The minimum Gasteiger partial charge on any atom is -0.494 e. The number of nitrogens with zero attached hydrogens (tertiary/aromatic N) is 5. The molecule has 1 amide bonds. The lowest BCUT2D eigenvalue weighted by atomic mass is 10.1. The average molecular weight is 449 g/mol. The molecule has 2 aliphatic heterocycles. The van der Waals surface area contributed by atoms with E-state index in [9.17, 15) is 14.4 Å². The van der Waals surface area contributed by atoms with Crippen molar-refractivity contribution in [3.05, 3.63) is 64.4 Å². The maximum Gasteiger partial charge on any atom is 0.262 e. The first-order chi connectivity index (χ1) is 16.0. The van der Waals surface area contributed by atoms with Crippen molar-refractivity contribution in [2.75, 3.05) is 20.3 Å². The fraction of sp³-hybridized carbons (Fsp3) is 0.304. The summed E-state index contributed by atoms with van der Waals surface area (Å²) in [5.74, 6) is 0.336. The maximum absolute atomic E-state index is 13.5. The Morgan fingerprint density at radius 2 is 2.09 bits per heavy atom. The minimum atomic E-state index is -0.379. The number of amides is 1. The van der Waals surface area contributed by atoms with Gasteiger partial charge in [-0.2, -0.15) is 10.4 Å². The van der Waals surface area contributed by atoms with E-state index in [4.69, 9.17) is 14.2 Å². The molecule has 1 aromatic carbocycles. The molecule has 0 saturated carbocycles. The molecule has 4 heterocycles. The molecule has 10 heteroatoms. The van der Waals surface area contributed by atoms with Gasteiger partial charge in [-0.15, -0.1) is 0 Å². The van der Waals surface area contributed by atoms with Gasteiger partial charge in [0.1, 0.15) is 29.3 Å². The lowest BCUT2D eigenvalue weighted by Crippen LogP contribution is -2.39. The molecule has 5 rings (SSSR count). The number of benzene rings is 1. The first kappa shape index (κ1) is 20.9. The van der Waals surface area contributed by atoms with Gasteiger partial charge in [-0.05, 0) is 31.2 Å². The molecule has 0 unspecified atom stereocenters. The predicted octanol–water partition coefficient (Wildman–Crippen LogP) is 2.53. The van der Waals surface area contributed by atoms with E-state index in [1.165, 1.54) is 13.2 Å². The van der Waals surface area contributed by atoms with Crippen molar-refractivity contribution in [3.8, 4) is 23.4 Å². The summed E-state index contributed by atoms with van der Waals surface area (Å²) in [5, 5.41) is 14.0. The van der Waals surface area contributed by atoms with Crippen molar-refractivity contribution in [1.82, 2.24) is 19.7 Å². The van der Waals surface area contributed by atoms with Crippen LogP contribution in [0.25, 0.3) is 5.82 Å². The molecule has 33 heavy (non-hydrogen) atoms. The highest BCUT2D eigenvalue weighted by molar-refractivity contribution is 6.00. The van der Waals surface area contributed by atoms with Crippen molar-refractivity contribution in [2.24, 2.45) is 0 Å². The van der Waals surface area contributed by atoms with Crippen LogP contribution in [0.5, 0.6) is 11.5 Å². The smallest absolute Gasteiger partial charge is 0.262 e. The second-order valence-electron chi connectivity index (χ2n) is 7.85. The number of carbonyl (C=O) groups excluding carboxylic acids is 1. The average Bonchev–Trinajstić information content (AvgIpc) is 3.36. The fourth-order valence-electron chi connectivity index (χ4n) is 3.86. The Morgan fingerprint density at radius 1 is 1.27 bits per heavy atom. The molecule has 0 spiro atoms. The molecule has 2 aliphatic rings. The van der Waals surface area contributed by atoms with Crippen LogP contribution in [0.3, 0.4) is 0 Å². The van der Waals surface area contributed by atoms with E-state index in [-0.39, 0.29) is 46.9 Å². The van der Waals surface area contributed by atoms with E-state index in [1.54, 1.807) is 40.9 Å². The number of aromatic nitrogens is 3. The molecule has 0 radical (unpaired) electrons. The number of rotatable bonds is 5. The van der Waals surface area contributed by atoms with Gasteiger partial charge >= 0.3 is 0 Å². The van der Waals surface area contributed by atoms with E-state index in [1.807, 2.05) is 0 Å². The number of methoxy groups -OCH3 is 1. The highest BCUT2D eigenvalue weighted by Crippen LogP contribution is 2.36. The zero-order valence-corrected chi connectivity index (χ0v) is 18.0.